The van der Waals surface area contributed by atoms with Gasteiger partial charge >= 0.3 is 0 Å². The normalized spacial score (nSPS) is 14.2. The van der Waals surface area contributed by atoms with E-state index in [2.05, 4.69) is 20.6 Å². The number of aryl methyl sites for hydroxylation is 1. The minimum atomic E-state index is 0.577. The highest BCUT2D eigenvalue weighted by molar-refractivity contribution is 6.30. The molecule has 4 nitrogen and oxygen atoms in total. The van der Waals surface area contributed by atoms with Crippen molar-refractivity contribution in [2.24, 2.45) is 0 Å². The Bertz CT molecular complexity index is 596. The van der Waals surface area contributed by atoms with Gasteiger partial charge in [-0.1, -0.05) is 17.7 Å². The minimum Gasteiger partial charge on any atom is -0.367 e. The molecule has 0 atom stereocenters. The topological polar surface area (TPSA) is 49.8 Å². The molecule has 5 heteroatoms. The number of anilines is 3. The van der Waals surface area contributed by atoms with Crippen LogP contribution >= 0.6 is 11.6 Å². The maximum Gasteiger partial charge on any atom is 0.136 e. The zero-order valence-corrected chi connectivity index (χ0v) is 11.4. The van der Waals surface area contributed by atoms with Crippen LogP contribution in [0.25, 0.3) is 0 Å². The molecule has 98 valence electrons. The Morgan fingerprint density at radius 2 is 1.95 bits per heavy atom. The second kappa shape index (κ2) is 5.05. The molecule has 2 N–H and O–H groups in total. The van der Waals surface area contributed by atoms with Crippen LogP contribution in [-0.4, -0.2) is 16.0 Å². The van der Waals surface area contributed by atoms with E-state index >= 15 is 0 Å². The van der Waals surface area contributed by atoms with Crippen LogP contribution in [0.4, 0.5) is 17.3 Å². The van der Waals surface area contributed by atoms with Crippen molar-refractivity contribution in [2.75, 3.05) is 10.6 Å². The molecule has 0 bridgehead atoms. The van der Waals surface area contributed by atoms with Crippen molar-refractivity contribution < 1.29 is 0 Å². The van der Waals surface area contributed by atoms with Gasteiger partial charge in [0.15, 0.2) is 0 Å². The van der Waals surface area contributed by atoms with Crippen LogP contribution in [0.2, 0.25) is 5.02 Å². The molecule has 1 heterocycles. The second-order valence-electron chi connectivity index (χ2n) is 4.74. The summed E-state index contributed by atoms with van der Waals surface area (Å²) < 4.78 is 0. The first-order valence-electron chi connectivity index (χ1n) is 6.34. The van der Waals surface area contributed by atoms with Gasteiger partial charge in [0.25, 0.3) is 0 Å². The summed E-state index contributed by atoms with van der Waals surface area (Å²) in [6.07, 6.45) is 2.44. The molecule has 19 heavy (non-hydrogen) atoms. The molecular weight excluding hydrogens is 260 g/mol. The van der Waals surface area contributed by atoms with E-state index in [1.165, 1.54) is 12.8 Å². The summed E-state index contributed by atoms with van der Waals surface area (Å²) in [4.78, 5) is 8.77. The van der Waals surface area contributed by atoms with Crippen LogP contribution in [0.3, 0.4) is 0 Å². The van der Waals surface area contributed by atoms with Crippen LogP contribution < -0.4 is 10.6 Å². The molecule has 1 aliphatic rings. The van der Waals surface area contributed by atoms with Crippen molar-refractivity contribution in [1.29, 1.82) is 0 Å². The summed E-state index contributed by atoms with van der Waals surface area (Å²) in [7, 11) is 0. The van der Waals surface area contributed by atoms with E-state index in [0.29, 0.717) is 11.1 Å². The van der Waals surface area contributed by atoms with Crippen LogP contribution in [0.1, 0.15) is 18.7 Å². The Kier molecular flexibility index (Phi) is 3.25. The van der Waals surface area contributed by atoms with Crippen molar-refractivity contribution in [3.05, 3.63) is 41.2 Å². The van der Waals surface area contributed by atoms with Crippen molar-refractivity contribution in [1.82, 2.24) is 9.97 Å². The molecule has 0 amide bonds. The lowest BCUT2D eigenvalue weighted by molar-refractivity contribution is 1.02. The predicted octanol–water partition coefficient (Wildman–Crippen LogP) is 3.76. The molecule has 1 aromatic carbocycles. The van der Waals surface area contributed by atoms with E-state index in [9.17, 15) is 0 Å². The number of hydrogen-bond acceptors (Lipinski definition) is 4. The van der Waals surface area contributed by atoms with Gasteiger partial charge < -0.3 is 10.6 Å². The second-order valence-corrected chi connectivity index (χ2v) is 5.18. The van der Waals surface area contributed by atoms with Crippen molar-refractivity contribution in [3.8, 4) is 0 Å². The summed E-state index contributed by atoms with van der Waals surface area (Å²) >= 11 is 5.97. The van der Waals surface area contributed by atoms with Crippen LogP contribution in [0, 0.1) is 6.92 Å². The smallest absolute Gasteiger partial charge is 0.136 e. The molecule has 0 spiro atoms. The Labute approximate surface area is 117 Å². The number of hydrogen-bond donors (Lipinski definition) is 2. The fourth-order valence-electron chi connectivity index (χ4n) is 1.86. The maximum atomic E-state index is 5.97. The zero-order valence-electron chi connectivity index (χ0n) is 10.7. The molecule has 0 unspecified atom stereocenters. The zero-order chi connectivity index (χ0) is 13.2. The molecule has 1 fully saturated rings. The minimum absolute atomic E-state index is 0.577. The third-order valence-electron chi connectivity index (χ3n) is 2.86. The van der Waals surface area contributed by atoms with E-state index in [1.54, 1.807) is 0 Å². The average molecular weight is 275 g/mol. The first-order valence-corrected chi connectivity index (χ1v) is 6.72. The number of rotatable bonds is 4. The van der Waals surface area contributed by atoms with Gasteiger partial charge in [-0.2, -0.15) is 0 Å². The van der Waals surface area contributed by atoms with Crippen molar-refractivity contribution >= 4 is 28.9 Å². The van der Waals surface area contributed by atoms with E-state index in [-0.39, 0.29) is 0 Å². The van der Waals surface area contributed by atoms with Gasteiger partial charge in [0.2, 0.25) is 0 Å². The Hall–Kier alpha value is -1.81. The largest absolute Gasteiger partial charge is 0.367 e. The van der Waals surface area contributed by atoms with Gasteiger partial charge in [-0.15, -0.1) is 0 Å². The van der Waals surface area contributed by atoms with Gasteiger partial charge in [0.05, 0.1) is 0 Å². The van der Waals surface area contributed by atoms with E-state index in [4.69, 9.17) is 11.6 Å². The molecule has 2 aromatic rings. The van der Waals surface area contributed by atoms with E-state index < -0.39 is 0 Å². The average Bonchev–Trinajstić information content (AvgIpc) is 3.12. The van der Waals surface area contributed by atoms with Gasteiger partial charge in [0.1, 0.15) is 17.5 Å². The lowest BCUT2D eigenvalue weighted by Gasteiger charge is -2.09. The predicted molar refractivity (Wildman–Crippen MR) is 78.1 cm³/mol. The molecule has 3 rings (SSSR count). The number of halogens is 1. The standard InChI is InChI=1S/C14H15ClN4/c1-9-16-13(18-11-5-6-11)8-14(17-9)19-12-4-2-3-10(15)7-12/h2-4,7-8,11H,5-6H2,1H3,(H2,16,17,18,19). The highest BCUT2D eigenvalue weighted by Crippen LogP contribution is 2.25. The molecule has 1 saturated carbocycles. The molecule has 0 aliphatic heterocycles. The third kappa shape index (κ3) is 3.35. The maximum absolute atomic E-state index is 5.97. The molecule has 0 radical (unpaired) electrons. The first kappa shape index (κ1) is 12.2. The lowest BCUT2D eigenvalue weighted by Crippen LogP contribution is -2.06. The fourth-order valence-corrected chi connectivity index (χ4v) is 2.05. The summed E-state index contributed by atoms with van der Waals surface area (Å²) in [6.45, 7) is 1.89. The van der Waals surface area contributed by atoms with Crippen LogP contribution in [-0.2, 0) is 0 Å². The van der Waals surface area contributed by atoms with Crippen molar-refractivity contribution in [3.63, 3.8) is 0 Å². The quantitative estimate of drug-likeness (QED) is 0.891. The number of benzene rings is 1. The van der Waals surface area contributed by atoms with Gasteiger partial charge in [-0.25, -0.2) is 9.97 Å². The number of nitrogens with zero attached hydrogens (tertiary/aromatic N) is 2. The Balaban J connectivity index is 1.81. The monoisotopic (exact) mass is 274 g/mol. The molecule has 1 aliphatic carbocycles. The molecular formula is C14H15ClN4. The van der Waals surface area contributed by atoms with Crippen molar-refractivity contribution in [2.45, 2.75) is 25.8 Å². The highest BCUT2D eigenvalue weighted by Gasteiger charge is 2.21. The molecule has 0 saturated heterocycles. The Morgan fingerprint density at radius 3 is 2.68 bits per heavy atom. The highest BCUT2D eigenvalue weighted by atomic mass is 35.5. The van der Waals surface area contributed by atoms with Gasteiger partial charge in [-0.3, -0.25) is 0 Å². The van der Waals surface area contributed by atoms with Gasteiger partial charge in [0, 0.05) is 22.8 Å². The van der Waals surface area contributed by atoms with E-state index in [1.807, 2.05) is 37.3 Å². The summed E-state index contributed by atoms with van der Waals surface area (Å²) in [5, 5.41) is 7.32. The van der Waals surface area contributed by atoms with E-state index in [0.717, 1.165) is 23.1 Å². The number of nitrogens with one attached hydrogen (secondary N) is 2. The number of aromatic nitrogens is 2. The summed E-state index contributed by atoms with van der Waals surface area (Å²) in [6, 6.07) is 10.1. The van der Waals surface area contributed by atoms with Crippen LogP contribution in [0.15, 0.2) is 30.3 Å². The first-order chi connectivity index (χ1) is 9.19. The fraction of sp³-hybridized carbons (Fsp3) is 0.286. The lowest BCUT2D eigenvalue weighted by atomic mass is 10.3. The van der Waals surface area contributed by atoms with Crippen LogP contribution in [0.5, 0.6) is 0 Å². The summed E-state index contributed by atoms with van der Waals surface area (Å²) in [5.41, 5.74) is 0.919. The Morgan fingerprint density at radius 1 is 1.16 bits per heavy atom. The van der Waals surface area contributed by atoms with Gasteiger partial charge in [-0.05, 0) is 38.0 Å². The third-order valence-corrected chi connectivity index (χ3v) is 3.10. The SMILES string of the molecule is Cc1nc(Nc2cccc(Cl)c2)cc(NC2CC2)n1. The molecule has 1 aromatic heterocycles. The summed E-state index contributed by atoms with van der Waals surface area (Å²) in [5.74, 6) is 2.40.